The van der Waals surface area contributed by atoms with Crippen LogP contribution in [-0.2, 0) is 0 Å². The van der Waals surface area contributed by atoms with Gasteiger partial charge in [-0.3, -0.25) is 4.79 Å². The maximum atomic E-state index is 11.3. The van der Waals surface area contributed by atoms with Crippen LogP contribution in [0.3, 0.4) is 0 Å². The number of thiophene rings is 1. The first-order valence-electron chi connectivity index (χ1n) is 5.85. The molecule has 3 aromatic heterocycles. The topological polar surface area (TPSA) is 83.6 Å². The number of aromatic nitrogens is 4. The molecule has 0 saturated carbocycles. The number of aryl methyl sites for hydroxylation is 1. The number of nitrogens with one attached hydrogen (secondary N) is 2. The van der Waals surface area contributed by atoms with Crippen LogP contribution in [0.4, 0.5) is 5.95 Å². The van der Waals surface area contributed by atoms with Gasteiger partial charge in [-0.05, 0) is 24.8 Å². The summed E-state index contributed by atoms with van der Waals surface area (Å²) in [6.45, 7) is 2.03. The zero-order valence-electron chi connectivity index (χ0n) is 10.8. The van der Waals surface area contributed by atoms with Gasteiger partial charge in [0, 0.05) is 29.6 Å². The minimum atomic E-state index is -0.178. The second-order valence-electron chi connectivity index (χ2n) is 4.02. The molecule has 0 aliphatic carbocycles. The molecule has 3 heterocycles. The maximum Gasteiger partial charge on any atom is 0.251 e. The first-order chi connectivity index (χ1) is 9.65. The summed E-state index contributed by atoms with van der Waals surface area (Å²) >= 11 is 2.94. The Morgan fingerprint density at radius 1 is 1.40 bits per heavy atom. The van der Waals surface area contributed by atoms with Gasteiger partial charge in [0.2, 0.25) is 5.95 Å². The van der Waals surface area contributed by atoms with Gasteiger partial charge in [0.25, 0.3) is 5.56 Å². The number of H-pyrrole nitrogens is 1. The molecule has 0 saturated heterocycles. The summed E-state index contributed by atoms with van der Waals surface area (Å²) in [4.78, 5) is 29.1. The third kappa shape index (κ3) is 2.52. The molecule has 3 aromatic rings. The fourth-order valence-corrected chi connectivity index (χ4v) is 3.49. The summed E-state index contributed by atoms with van der Waals surface area (Å²) in [5.41, 5.74) is -0.178. The number of fused-ring (bicyclic) bond motifs is 1. The van der Waals surface area contributed by atoms with Crippen LogP contribution in [0.15, 0.2) is 33.3 Å². The molecule has 0 radical (unpaired) electrons. The SMILES string of the molecule is CNc1nc(Sc2nccc(=O)[nH]2)c2cc(C)sc2n1. The van der Waals surface area contributed by atoms with Crippen molar-refractivity contribution in [1.29, 1.82) is 0 Å². The molecule has 0 bridgehead atoms. The second-order valence-corrected chi connectivity index (χ2v) is 6.23. The standard InChI is InChI=1S/C12H11N5OS2/c1-6-5-7-9(19-6)16-11(13-2)17-10(7)20-12-14-4-3-8(18)15-12/h3-5H,1-2H3,(H,13,16,17)(H,14,15,18). The van der Waals surface area contributed by atoms with E-state index in [1.165, 1.54) is 28.9 Å². The van der Waals surface area contributed by atoms with Gasteiger partial charge in [-0.25, -0.2) is 15.0 Å². The highest BCUT2D eigenvalue weighted by Crippen LogP contribution is 2.34. The molecule has 0 aromatic carbocycles. The zero-order valence-corrected chi connectivity index (χ0v) is 12.4. The van der Waals surface area contributed by atoms with E-state index in [0.717, 1.165) is 15.2 Å². The van der Waals surface area contributed by atoms with Crippen LogP contribution in [0.1, 0.15) is 4.88 Å². The first-order valence-corrected chi connectivity index (χ1v) is 7.48. The molecular formula is C12H11N5OS2. The van der Waals surface area contributed by atoms with Crippen molar-refractivity contribution in [1.82, 2.24) is 19.9 Å². The molecule has 0 unspecified atom stereocenters. The van der Waals surface area contributed by atoms with Gasteiger partial charge < -0.3 is 10.3 Å². The molecule has 2 N–H and O–H groups in total. The van der Waals surface area contributed by atoms with Crippen molar-refractivity contribution < 1.29 is 0 Å². The molecule has 6 nitrogen and oxygen atoms in total. The molecule has 102 valence electrons. The second kappa shape index (κ2) is 5.22. The zero-order chi connectivity index (χ0) is 14.1. The summed E-state index contributed by atoms with van der Waals surface area (Å²) in [6, 6.07) is 3.43. The van der Waals surface area contributed by atoms with Crippen LogP contribution in [0.2, 0.25) is 0 Å². The number of anilines is 1. The molecule has 0 amide bonds. The van der Waals surface area contributed by atoms with Crippen molar-refractivity contribution in [3.05, 3.63) is 33.6 Å². The highest BCUT2D eigenvalue weighted by Gasteiger charge is 2.12. The quantitative estimate of drug-likeness (QED) is 0.570. The minimum Gasteiger partial charge on any atom is -0.357 e. The van der Waals surface area contributed by atoms with E-state index in [-0.39, 0.29) is 5.56 Å². The van der Waals surface area contributed by atoms with Crippen molar-refractivity contribution >= 4 is 39.3 Å². The summed E-state index contributed by atoms with van der Waals surface area (Å²) < 4.78 is 0. The number of rotatable bonds is 3. The molecule has 3 rings (SSSR count). The van der Waals surface area contributed by atoms with Gasteiger partial charge >= 0.3 is 0 Å². The Bertz CT molecular complexity index is 826. The Balaban J connectivity index is 2.11. The van der Waals surface area contributed by atoms with Crippen LogP contribution in [0, 0.1) is 6.92 Å². The van der Waals surface area contributed by atoms with Gasteiger partial charge in [0.15, 0.2) is 5.16 Å². The summed E-state index contributed by atoms with van der Waals surface area (Å²) in [5.74, 6) is 0.556. The Morgan fingerprint density at radius 2 is 2.25 bits per heavy atom. The lowest BCUT2D eigenvalue weighted by molar-refractivity contribution is 0.932. The smallest absolute Gasteiger partial charge is 0.251 e. The van der Waals surface area contributed by atoms with Crippen LogP contribution in [0.25, 0.3) is 10.2 Å². The average Bonchev–Trinajstić information content (AvgIpc) is 2.79. The third-order valence-electron chi connectivity index (χ3n) is 2.55. The van der Waals surface area contributed by atoms with E-state index in [9.17, 15) is 4.79 Å². The predicted molar refractivity (Wildman–Crippen MR) is 80.7 cm³/mol. The van der Waals surface area contributed by atoms with Gasteiger partial charge in [-0.15, -0.1) is 11.3 Å². The van der Waals surface area contributed by atoms with Crippen molar-refractivity contribution in [3.63, 3.8) is 0 Å². The Hall–Kier alpha value is -1.93. The van der Waals surface area contributed by atoms with E-state index in [2.05, 4.69) is 25.3 Å². The van der Waals surface area contributed by atoms with E-state index in [0.29, 0.717) is 11.1 Å². The van der Waals surface area contributed by atoms with E-state index in [1.54, 1.807) is 18.4 Å². The Labute approximate surface area is 122 Å². The Kier molecular flexibility index (Phi) is 3.41. The van der Waals surface area contributed by atoms with Crippen molar-refractivity contribution in [2.24, 2.45) is 0 Å². The fourth-order valence-electron chi connectivity index (χ4n) is 1.70. The van der Waals surface area contributed by atoms with Gasteiger partial charge in [0.05, 0.1) is 0 Å². The van der Waals surface area contributed by atoms with E-state index in [4.69, 9.17) is 0 Å². The highest BCUT2D eigenvalue weighted by atomic mass is 32.2. The molecular weight excluding hydrogens is 294 g/mol. The van der Waals surface area contributed by atoms with Crippen LogP contribution < -0.4 is 10.9 Å². The first kappa shape index (κ1) is 13.1. The minimum absolute atomic E-state index is 0.178. The van der Waals surface area contributed by atoms with Crippen LogP contribution >= 0.6 is 23.1 Å². The number of nitrogens with zero attached hydrogens (tertiary/aromatic N) is 3. The molecule has 0 aliphatic rings. The fraction of sp³-hybridized carbons (Fsp3) is 0.167. The van der Waals surface area contributed by atoms with Crippen LogP contribution in [0.5, 0.6) is 0 Å². The van der Waals surface area contributed by atoms with E-state index < -0.39 is 0 Å². The third-order valence-corrected chi connectivity index (χ3v) is 4.40. The lowest BCUT2D eigenvalue weighted by Crippen LogP contribution is -2.05. The van der Waals surface area contributed by atoms with Crippen molar-refractivity contribution in [2.45, 2.75) is 17.1 Å². The highest BCUT2D eigenvalue weighted by molar-refractivity contribution is 7.99. The molecule has 0 spiro atoms. The summed E-state index contributed by atoms with van der Waals surface area (Å²) in [5, 5.41) is 5.21. The molecule has 0 atom stereocenters. The largest absolute Gasteiger partial charge is 0.357 e. The normalized spacial score (nSPS) is 10.9. The van der Waals surface area contributed by atoms with Gasteiger partial charge in [-0.2, -0.15) is 0 Å². The average molecular weight is 305 g/mol. The monoisotopic (exact) mass is 305 g/mol. The Morgan fingerprint density at radius 3 is 3.00 bits per heavy atom. The molecule has 0 fully saturated rings. The maximum absolute atomic E-state index is 11.3. The number of hydrogen-bond acceptors (Lipinski definition) is 7. The van der Waals surface area contributed by atoms with Gasteiger partial charge in [-0.1, -0.05) is 0 Å². The van der Waals surface area contributed by atoms with E-state index in [1.807, 2.05) is 13.0 Å². The predicted octanol–water partition coefficient (Wildman–Crippen LogP) is 2.28. The molecule has 20 heavy (non-hydrogen) atoms. The molecule has 0 aliphatic heterocycles. The number of aromatic amines is 1. The van der Waals surface area contributed by atoms with Crippen LogP contribution in [-0.4, -0.2) is 27.0 Å². The lowest BCUT2D eigenvalue weighted by atomic mass is 10.4. The van der Waals surface area contributed by atoms with Crippen molar-refractivity contribution in [3.8, 4) is 0 Å². The van der Waals surface area contributed by atoms with Crippen molar-refractivity contribution in [2.75, 3.05) is 12.4 Å². The van der Waals surface area contributed by atoms with E-state index >= 15 is 0 Å². The number of hydrogen-bond donors (Lipinski definition) is 2. The molecule has 8 heteroatoms. The lowest BCUT2D eigenvalue weighted by Gasteiger charge is -2.04. The summed E-state index contributed by atoms with van der Waals surface area (Å²) in [6.07, 6.45) is 1.48. The van der Waals surface area contributed by atoms with Gasteiger partial charge in [0.1, 0.15) is 9.86 Å². The summed E-state index contributed by atoms with van der Waals surface area (Å²) in [7, 11) is 1.78.